The van der Waals surface area contributed by atoms with Crippen molar-refractivity contribution < 1.29 is 22.7 Å². The van der Waals surface area contributed by atoms with Crippen molar-refractivity contribution >= 4 is 0 Å². The first-order valence-electron chi connectivity index (χ1n) is 7.56. The summed E-state index contributed by atoms with van der Waals surface area (Å²) in [6, 6.07) is 5.75. The SMILES string of the molecule is O[C@@H]1C[C@@H](c2ccc(F)cc2)N(Cc2nccn2CC(F)(F)F)C1. The van der Waals surface area contributed by atoms with E-state index >= 15 is 0 Å². The number of hydrogen-bond acceptors (Lipinski definition) is 3. The molecule has 4 nitrogen and oxygen atoms in total. The number of aromatic nitrogens is 2. The van der Waals surface area contributed by atoms with Gasteiger partial charge in [0.15, 0.2) is 0 Å². The van der Waals surface area contributed by atoms with Gasteiger partial charge in [-0.15, -0.1) is 0 Å². The second-order valence-electron chi connectivity index (χ2n) is 5.97. The lowest BCUT2D eigenvalue weighted by Gasteiger charge is -2.24. The molecule has 0 spiro atoms. The van der Waals surface area contributed by atoms with Crippen LogP contribution in [0.1, 0.15) is 23.9 Å². The van der Waals surface area contributed by atoms with Gasteiger partial charge in [0.25, 0.3) is 0 Å². The molecule has 1 aliphatic heterocycles. The molecule has 2 aromatic rings. The molecule has 0 amide bonds. The molecule has 1 N–H and O–H groups in total. The summed E-state index contributed by atoms with van der Waals surface area (Å²) in [5.74, 6) is -0.0712. The molecule has 1 aromatic carbocycles. The van der Waals surface area contributed by atoms with Gasteiger partial charge in [0, 0.05) is 25.0 Å². The Morgan fingerprint density at radius 3 is 2.58 bits per heavy atom. The second kappa shape index (κ2) is 6.52. The first kappa shape index (κ1) is 16.9. The van der Waals surface area contributed by atoms with Gasteiger partial charge < -0.3 is 9.67 Å². The van der Waals surface area contributed by atoms with Crippen LogP contribution in [0.3, 0.4) is 0 Å². The molecule has 1 saturated heterocycles. The number of aliphatic hydroxyl groups is 1. The van der Waals surface area contributed by atoms with Crippen molar-refractivity contribution in [1.82, 2.24) is 14.5 Å². The largest absolute Gasteiger partial charge is 0.406 e. The van der Waals surface area contributed by atoms with Crippen LogP contribution in [0.4, 0.5) is 17.6 Å². The molecule has 3 rings (SSSR count). The van der Waals surface area contributed by atoms with E-state index in [9.17, 15) is 22.7 Å². The predicted molar refractivity (Wildman–Crippen MR) is 78.5 cm³/mol. The van der Waals surface area contributed by atoms with Gasteiger partial charge in [-0.3, -0.25) is 4.90 Å². The molecule has 1 aliphatic rings. The molecular weight excluding hydrogens is 326 g/mol. The fourth-order valence-electron chi connectivity index (χ4n) is 3.10. The van der Waals surface area contributed by atoms with Gasteiger partial charge in [0.05, 0.1) is 12.6 Å². The number of likely N-dealkylation sites (tertiary alicyclic amines) is 1. The highest BCUT2D eigenvalue weighted by Gasteiger charge is 2.34. The second-order valence-corrected chi connectivity index (χ2v) is 5.97. The minimum Gasteiger partial charge on any atom is -0.392 e. The fourth-order valence-corrected chi connectivity index (χ4v) is 3.10. The van der Waals surface area contributed by atoms with Crippen molar-refractivity contribution in [2.45, 2.75) is 37.8 Å². The average molecular weight is 343 g/mol. The van der Waals surface area contributed by atoms with E-state index in [0.29, 0.717) is 13.0 Å². The highest BCUT2D eigenvalue weighted by Crippen LogP contribution is 2.33. The molecule has 0 unspecified atom stereocenters. The van der Waals surface area contributed by atoms with E-state index in [1.54, 1.807) is 12.1 Å². The number of alkyl halides is 3. The molecule has 1 fully saturated rings. The van der Waals surface area contributed by atoms with Gasteiger partial charge in [-0.05, 0) is 24.1 Å². The van der Waals surface area contributed by atoms with E-state index < -0.39 is 18.8 Å². The van der Waals surface area contributed by atoms with Gasteiger partial charge in [0.2, 0.25) is 0 Å². The maximum atomic E-state index is 13.1. The zero-order valence-corrected chi connectivity index (χ0v) is 12.7. The van der Waals surface area contributed by atoms with E-state index in [4.69, 9.17) is 0 Å². The third-order valence-electron chi connectivity index (χ3n) is 4.13. The van der Waals surface area contributed by atoms with Gasteiger partial charge in [-0.2, -0.15) is 13.2 Å². The summed E-state index contributed by atoms with van der Waals surface area (Å²) in [5, 5.41) is 9.95. The summed E-state index contributed by atoms with van der Waals surface area (Å²) in [6.07, 6.45) is -1.82. The lowest BCUT2D eigenvalue weighted by Crippen LogP contribution is -2.27. The minimum absolute atomic E-state index is 0.183. The van der Waals surface area contributed by atoms with Crippen molar-refractivity contribution in [2.75, 3.05) is 6.54 Å². The third-order valence-corrected chi connectivity index (χ3v) is 4.13. The van der Waals surface area contributed by atoms with E-state index in [1.807, 2.05) is 4.90 Å². The van der Waals surface area contributed by atoms with Gasteiger partial charge in [-0.25, -0.2) is 9.37 Å². The van der Waals surface area contributed by atoms with Crippen LogP contribution in [0.25, 0.3) is 0 Å². The lowest BCUT2D eigenvalue weighted by atomic mass is 10.0. The molecule has 24 heavy (non-hydrogen) atoms. The van der Waals surface area contributed by atoms with Crippen LogP contribution >= 0.6 is 0 Å². The predicted octanol–water partition coefficient (Wildman–Crippen LogP) is 2.89. The Bertz CT molecular complexity index is 683. The Labute approximate surface area is 136 Å². The maximum Gasteiger partial charge on any atom is 0.406 e. The van der Waals surface area contributed by atoms with Crippen LogP contribution in [-0.2, 0) is 13.1 Å². The zero-order chi connectivity index (χ0) is 17.3. The molecule has 0 aliphatic carbocycles. The lowest BCUT2D eigenvalue weighted by molar-refractivity contribution is -0.141. The first-order chi connectivity index (χ1) is 11.3. The Morgan fingerprint density at radius 1 is 1.21 bits per heavy atom. The van der Waals surface area contributed by atoms with Crippen molar-refractivity contribution in [3.05, 3.63) is 53.9 Å². The summed E-state index contributed by atoms with van der Waals surface area (Å²) >= 11 is 0. The monoisotopic (exact) mass is 343 g/mol. The van der Waals surface area contributed by atoms with Crippen molar-refractivity contribution in [1.29, 1.82) is 0 Å². The van der Waals surface area contributed by atoms with E-state index in [2.05, 4.69) is 4.98 Å². The Kier molecular flexibility index (Phi) is 4.60. The van der Waals surface area contributed by atoms with Crippen molar-refractivity contribution in [3.63, 3.8) is 0 Å². The number of nitrogens with zero attached hydrogens (tertiary/aromatic N) is 3. The molecule has 0 bridgehead atoms. The summed E-state index contributed by atoms with van der Waals surface area (Å²) in [5.41, 5.74) is 0.821. The first-order valence-corrected chi connectivity index (χ1v) is 7.56. The number of halogens is 4. The Hall–Kier alpha value is -1.93. The molecular formula is C16H17F4N3O. The van der Waals surface area contributed by atoms with Gasteiger partial charge in [-0.1, -0.05) is 12.1 Å². The van der Waals surface area contributed by atoms with Crippen LogP contribution in [0, 0.1) is 5.82 Å². The normalized spacial score (nSPS) is 22.2. The summed E-state index contributed by atoms with van der Waals surface area (Å²) in [6.45, 7) is -0.580. The van der Waals surface area contributed by atoms with Crippen LogP contribution < -0.4 is 0 Å². The zero-order valence-electron chi connectivity index (χ0n) is 12.7. The quantitative estimate of drug-likeness (QED) is 0.868. The number of β-amino-alcohol motifs (C(OH)–C–C–N with tert-alkyl or cyclic N) is 1. The molecule has 0 radical (unpaired) electrons. The van der Waals surface area contributed by atoms with E-state index in [0.717, 1.165) is 10.1 Å². The number of benzene rings is 1. The number of imidazole rings is 1. The van der Waals surface area contributed by atoms with Crippen molar-refractivity contribution in [2.24, 2.45) is 0 Å². The van der Waals surface area contributed by atoms with E-state index in [-0.39, 0.29) is 24.2 Å². The van der Waals surface area contributed by atoms with Gasteiger partial charge >= 0.3 is 6.18 Å². The number of rotatable bonds is 4. The topological polar surface area (TPSA) is 41.3 Å². The highest BCUT2D eigenvalue weighted by atomic mass is 19.4. The number of hydrogen-bond donors (Lipinski definition) is 1. The molecule has 0 saturated carbocycles. The maximum absolute atomic E-state index is 13.1. The standard InChI is InChI=1S/C16H17F4N3O/c17-12-3-1-11(2-4-12)14-7-13(24)8-23(14)9-15-21-5-6-22(15)10-16(18,19)20/h1-6,13-14,24H,7-10H2/t13-,14+/m1/s1. The van der Waals surface area contributed by atoms with Crippen molar-refractivity contribution in [3.8, 4) is 0 Å². The van der Waals surface area contributed by atoms with Gasteiger partial charge in [0.1, 0.15) is 18.2 Å². The molecule has 2 heterocycles. The van der Waals surface area contributed by atoms with Crippen LogP contribution in [-0.4, -0.2) is 38.4 Å². The van der Waals surface area contributed by atoms with Crippen LogP contribution in [0.5, 0.6) is 0 Å². The van der Waals surface area contributed by atoms with Crippen LogP contribution in [0.2, 0.25) is 0 Å². The molecule has 8 heteroatoms. The average Bonchev–Trinajstić information content (AvgIpc) is 3.06. The third kappa shape index (κ3) is 3.93. The minimum atomic E-state index is -4.32. The molecule has 1 aromatic heterocycles. The summed E-state index contributed by atoms with van der Waals surface area (Å²) in [4.78, 5) is 5.88. The molecule has 2 atom stereocenters. The Balaban J connectivity index is 1.78. The molecule has 130 valence electrons. The summed E-state index contributed by atoms with van der Waals surface area (Å²) < 4.78 is 52.0. The summed E-state index contributed by atoms with van der Waals surface area (Å²) in [7, 11) is 0. The van der Waals surface area contributed by atoms with Crippen LogP contribution in [0.15, 0.2) is 36.7 Å². The Morgan fingerprint density at radius 2 is 1.92 bits per heavy atom. The smallest absolute Gasteiger partial charge is 0.392 e. The van der Waals surface area contributed by atoms with E-state index in [1.165, 1.54) is 24.5 Å². The number of aliphatic hydroxyl groups excluding tert-OH is 1. The fraction of sp³-hybridized carbons (Fsp3) is 0.438. The highest BCUT2D eigenvalue weighted by molar-refractivity contribution is 5.21.